The topological polar surface area (TPSA) is 84.6 Å². The first-order chi connectivity index (χ1) is 7.63. The molecule has 1 aliphatic rings. The molecule has 0 bridgehead atoms. The minimum absolute atomic E-state index is 0.00423. The first-order valence-electron chi connectivity index (χ1n) is 5.81. The van der Waals surface area contributed by atoms with Crippen LogP contribution in [0.2, 0.25) is 0 Å². The number of hydrogen-bond acceptors (Lipinski definition) is 4. The van der Waals surface area contributed by atoms with Gasteiger partial charge in [0.1, 0.15) is 0 Å². The van der Waals surface area contributed by atoms with Gasteiger partial charge in [0.2, 0.25) is 5.91 Å². The zero-order valence-corrected chi connectivity index (χ0v) is 9.87. The molecule has 0 radical (unpaired) electrons. The van der Waals surface area contributed by atoms with E-state index in [9.17, 15) is 9.90 Å². The van der Waals surface area contributed by atoms with E-state index in [1.54, 1.807) is 7.11 Å². The molecule has 94 valence electrons. The molecule has 0 heterocycles. The van der Waals surface area contributed by atoms with Gasteiger partial charge in [0.05, 0.1) is 18.2 Å². The number of nitrogens with two attached hydrogens (primary N) is 1. The standard InChI is InChI=1S/C11H22N2O3/c1-16-7-4-9(12)10(15)13-11(8-14)5-2-3-6-11/h9,14H,2-8,12H2,1H3,(H,13,15). The lowest BCUT2D eigenvalue weighted by atomic mass is 9.98. The third-order valence-electron chi connectivity index (χ3n) is 3.22. The maximum Gasteiger partial charge on any atom is 0.237 e. The minimum Gasteiger partial charge on any atom is -0.394 e. The SMILES string of the molecule is COCCC(N)C(=O)NC1(CO)CCCC1. The Morgan fingerprint density at radius 3 is 2.69 bits per heavy atom. The summed E-state index contributed by atoms with van der Waals surface area (Å²) < 4.78 is 4.87. The average molecular weight is 230 g/mol. The van der Waals surface area contributed by atoms with Crippen molar-refractivity contribution >= 4 is 5.91 Å². The molecule has 4 N–H and O–H groups in total. The second kappa shape index (κ2) is 6.18. The molecule has 1 amide bonds. The van der Waals surface area contributed by atoms with E-state index >= 15 is 0 Å². The van der Waals surface area contributed by atoms with Crippen molar-refractivity contribution in [3.05, 3.63) is 0 Å². The van der Waals surface area contributed by atoms with Crippen LogP contribution in [0.4, 0.5) is 0 Å². The summed E-state index contributed by atoms with van der Waals surface area (Å²) in [4.78, 5) is 11.8. The predicted octanol–water partition coefficient (Wildman–Crippen LogP) is -0.228. The van der Waals surface area contributed by atoms with E-state index < -0.39 is 11.6 Å². The van der Waals surface area contributed by atoms with Crippen molar-refractivity contribution in [2.75, 3.05) is 20.3 Å². The smallest absolute Gasteiger partial charge is 0.237 e. The van der Waals surface area contributed by atoms with Crippen LogP contribution >= 0.6 is 0 Å². The molecule has 0 aromatic carbocycles. The zero-order chi connectivity index (χ0) is 12.0. The van der Waals surface area contributed by atoms with Crippen LogP contribution < -0.4 is 11.1 Å². The number of aliphatic hydroxyl groups is 1. The Labute approximate surface area is 96.3 Å². The molecule has 0 aromatic heterocycles. The fourth-order valence-corrected chi connectivity index (χ4v) is 2.10. The highest BCUT2D eigenvalue weighted by Crippen LogP contribution is 2.29. The molecular formula is C11H22N2O3. The van der Waals surface area contributed by atoms with Crippen molar-refractivity contribution in [1.82, 2.24) is 5.32 Å². The summed E-state index contributed by atoms with van der Waals surface area (Å²) in [6.45, 7) is 0.469. The van der Waals surface area contributed by atoms with Crippen LogP contribution in [-0.2, 0) is 9.53 Å². The Bertz CT molecular complexity index is 227. The predicted molar refractivity (Wildman–Crippen MR) is 60.9 cm³/mol. The molecular weight excluding hydrogens is 208 g/mol. The van der Waals surface area contributed by atoms with E-state index in [0.717, 1.165) is 25.7 Å². The first kappa shape index (κ1) is 13.4. The lowest BCUT2D eigenvalue weighted by Gasteiger charge is -2.29. The fourth-order valence-electron chi connectivity index (χ4n) is 2.10. The molecule has 1 aliphatic carbocycles. The lowest BCUT2D eigenvalue weighted by molar-refractivity contribution is -0.125. The molecule has 0 aliphatic heterocycles. The number of carbonyl (C=O) groups excluding carboxylic acids is 1. The molecule has 0 saturated heterocycles. The summed E-state index contributed by atoms with van der Waals surface area (Å²) in [7, 11) is 1.58. The summed E-state index contributed by atoms with van der Waals surface area (Å²) in [6.07, 6.45) is 4.28. The normalized spacial score (nSPS) is 20.7. The average Bonchev–Trinajstić information content (AvgIpc) is 2.75. The molecule has 0 spiro atoms. The lowest BCUT2D eigenvalue weighted by Crippen LogP contribution is -2.54. The summed E-state index contributed by atoms with van der Waals surface area (Å²) in [5.41, 5.74) is 5.29. The second-order valence-electron chi connectivity index (χ2n) is 4.52. The van der Waals surface area contributed by atoms with E-state index in [2.05, 4.69) is 5.32 Å². The van der Waals surface area contributed by atoms with Gasteiger partial charge < -0.3 is 20.9 Å². The van der Waals surface area contributed by atoms with Gasteiger partial charge in [-0.1, -0.05) is 12.8 Å². The quantitative estimate of drug-likeness (QED) is 0.588. The fraction of sp³-hybridized carbons (Fsp3) is 0.909. The third-order valence-corrected chi connectivity index (χ3v) is 3.22. The number of amides is 1. The van der Waals surface area contributed by atoms with Gasteiger partial charge in [-0.25, -0.2) is 0 Å². The number of ether oxygens (including phenoxy) is 1. The minimum atomic E-state index is -0.552. The van der Waals surface area contributed by atoms with Gasteiger partial charge in [-0.2, -0.15) is 0 Å². The van der Waals surface area contributed by atoms with E-state index in [-0.39, 0.29) is 12.5 Å². The second-order valence-corrected chi connectivity index (χ2v) is 4.52. The highest BCUT2D eigenvalue weighted by Gasteiger charge is 2.35. The van der Waals surface area contributed by atoms with Crippen LogP contribution in [0.3, 0.4) is 0 Å². The molecule has 5 nitrogen and oxygen atoms in total. The van der Waals surface area contributed by atoms with Gasteiger partial charge >= 0.3 is 0 Å². The van der Waals surface area contributed by atoms with Crippen molar-refractivity contribution in [2.45, 2.75) is 43.7 Å². The van der Waals surface area contributed by atoms with E-state index in [4.69, 9.17) is 10.5 Å². The summed E-state index contributed by atoms with van der Waals surface area (Å²) in [5.74, 6) is -0.187. The van der Waals surface area contributed by atoms with Gasteiger partial charge in [0.15, 0.2) is 0 Å². The summed E-state index contributed by atoms with van der Waals surface area (Å²) >= 11 is 0. The number of aliphatic hydroxyl groups excluding tert-OH is 1. The summed E-state index contributed by atoms with van der Waals surface area (Å²) in [5, 5.41) is 12.2. The molecule has 1 rings (SSSR count). The van der Waals surface area contributed by atoms with Crippen LogP contribution in [0.25, 0.3) is 0 Å². The van der Waals surface area contributed by atoms with Crippen molar-refractivity contribution in [2.24, 2.45) is 5.73 Å². The van der Waals surface area contributed by atoms with Crippen LogP contribution in [0.1, 0.15) is 32.1 Å². The Kier molecular flexibility index (Phi) is 5.18. The molecule has 1 unspecified atom stereocenters. The van der Waals surface area contributed by atoms with Crippen LogP contribution in [-0.4, -0.2) is 42.9 Å². The third kappa shape index (κ3) is 3.43. The largest absolute Gasteiger partial charge is 0.394 e. The van der Waals surface area contributed by atoms with E-state index in [0.29, 0.717) is 13.0 Å². The van der Waals surface area contributed by atoms with Crippen LogP contribution in [0.15, 0.2) is 0 Å². The maximum atomic E-state index is 11.8. The number of hydrogen-bond donors (Lipinski definition) is 3. The Hall–Kier alpha value is -0.650. The monoisotopic (exact) mass is 230 g/mol. The number of carbonyl (C=O) groups is 1. The molecule has 5 heteroatoms. The highest BCUT2D eigenvalue weighted by atomic mass is 16.5. The summed E-state index contributed by atoms with van der Waals surface area (Å²) in [6, 6.07) is -0.552. The van der Waals surface area contributed by atoms with E-state index in [1.165, 1.54) is 0 Å². The van der Waals surface area contributed by atoms with E-state index in [1.807, 2.05) is 0 Å². The first-order valence-corrected chi connectivity index (χ1v) is 5.81. The van der Waals surface area contributed by atoms with Gasteiger partial charge in [0, 0.05) is 13.7 Å². The van der Waals surface area contributed by atoms with Gasteiger partial charge in [-0.3, -0.25) is 4.79 Å². The Morgan fingerprint density at radius 2 is 2.19 bits per heavy atom. The van der Waals surface area contributed by atoms with Gasteiger partial charge in [-0.05, 0) is 19.3 Å². The maximum absolute atomic E-state index is 11.8. The van der Waals surface area contributed by atoms with Crippen LogP contribution in [0.5, 0.6) is 0 Å². The van der Waals surface area contributed by atoms with Crippen molar-refractivity contribution in [3.8, 4) is 0 Å². The highest BCUT2D eigenvalue weighted by molar-refractivity contribution is 5.82. The number of rotatable bonds is 6. The van der Waals surface area contributed by atoms with Gasteiger partial charge in [0.25, 0.3) is 0 Å². The number of nitrogens with one attached hydrogen (secondary N) is 1. The van der Waals surface area contributed by atoms with Crippen LogP contribution in [0, 0.1) is 0 Å². The zero-order valence-electron chi connectivity index (χ0n) is 9.87. The van der Waals surface area contributed by atoms with Crippen molar-refractivity contribution < 1.29 is 14.6 Å². The molecule has 1 atom stereocenters. The molecule has 1 saturated carbocycles. The van der Waals surface area contributed by atoms with Crippen molar-refractivity contribution in [3.63, 3.8) is 0 Å². The van der Waals surface area contributed by atoms with Gasteiger partial charge in [-0.15, -0.1) is 0 Å². The molecule has 16 heavy (non-hydrogen) atoms. The van der Waals surface area contributed by atoms with Crippen molar-refractivity contribution in [1.29, 1.82) is 0 Å². The molecule has 1 fully saturated rings. The molecule has 0 aromatic rings. The Morgan fingerprint density at radius 1 is 1.56 bits per heavy atom. The number of methoxy groups -OCH3 is 1. The Balaban J connectivity index is 2.42.